The summed E-state index contributed by atoms with van der Waals surface area (Å²) in [4.78, 5) is 3.86. The first-order chi connectivity index (χ1) is 6.31. The smallest absolute Gasteiger partial charge is 0.0694 e. The van der Waals surface area contributed by atoms with Crippen molar-refractivity contribution < 1.29 is 5.11 Å². The van der Waals surface area contributed by atoms with E-state index in [0.717, 1.165) is 16.8 Å². The molecule has 1 rings (SSSR count). The Hall–Kier alpha value is -1.41. The third-order valence-corrected chi connectivity index (χ3v) is 1.88. The van der Waals surface area contributed by atoms with E-state index in [1.54, 1.807) is 6.08 Å². The third kappa shape index (κ3) is 2.26. The second kappa shape index (κ2) is 4.58. The van der Waals surface area contributed by atoms with Gasteiger partial charge in [-0.25, -0.2) is 0 Å². The van der Waals surface area contributed by atoms with Crippen molar-refractivity contribution in [3.8, 4) is 0 Å². The van der Waals surface area contributed by atoms with Crippen LogP contribution in [0.3, 0.4) is 0 Å². The van der Waals surface area contributed by atoms with Gasteiger partial charge in [0.2, 0.25) is 0 Å². The average molecular weight is 175 g/mol. The average Bonchev–Trinajstić information content (AvgIpc) is 2.18. The highest BCUT2D eigenvalue weighted by Crippen LogP contribution is 2.21. The van der Waals surface area contributed by atoms with Gasteiger partial charge in [0, 0.05) is 6.61 Å². The number of aliphatic imine (C=N–C) groups is 1. The lowest BCUT2D eigenvalue weighted by Gasteiger charge is -2.03. The molecule has 1 N–H and O–H groups in total. The molecular formula is C11H13NO. The Morgan fingerprint density at radius 3 is 2.77 bits per heavy atom. The fourth-order valence-electron chi connectivity index (χ4n) is 1.20. The maximum absolute atomic E-state index is 8.75. The van der Waals surface area contributed by atoms with Crippen molar-refractivity contribution in [2.75, 3.05) is 6.61 Å². The van der Waals surface area contributed by atoms with E-state index in [9.17, 15) is 0 Å². The van der Waals surface area contributed by atoms with Crippen LogP contribution in [0.25, 0.3) is 6.08 Å². The van der Waals surface area contributed by atoms with E-state index in [0.29, 0.717) is 6.42 Å². The Morgan fingerprint density at radius 1 is 1.46 bits per heavy atom. The molecule has 0 atom stereocenters. The lowest BCUT2D eigenvalue weighted by Crippen LogP contribution is -1.90. The zero-order chi connectivity index (χ0) is 9.68. The molecule has 0 radical (unpaired) electrons. The molecule has 0 aliphatic heterocycles. The van der Waals surface area contributed by atoms with Crippen LogP contribution in [0.4, 0.5) is 5.69 Å². The van der Waals surface area contributed by atoms with E-state index in [1.807, 2.05) is 18.2 Å². The minimum atomic E-state index is 0.164. The van der Waals surface area contributed by atoms with Crippen molar-refractivity contribution >= 4 is 18.5 Å². The Labute approximate surface area is 78.3 Å². The van der Waals surface area contributed by atoms with Crippen LogP contribution in [0.1, 0.15) is 11.1 Å². The SMILES string of the molecule is C=Cc1cc(CCO)ccc1N=C. The largest absolute Gasteiger partial charge is 0.396 e. The number of rotatable bonds is 4. The highest BCUT2D eigenvalue weighted by Gasteiger charge is 1.98. The summed E-state index contributed by atoms with van der Waals surface area (Å²) in [5.41, 5.74) is 2.88. The minimum absolute atomic E-state index is 0.164. The van der Waals surface area contributed by atoms with Crippen LogP contribution in [0, 0.1) is 0 Å². The number of hydrogen-bond acceptors (Lipinski definition) is 2. The van der Waals surface area contributed by atoms with Gasteiger partial charge in [0.05, 0.1) is 5.69 Å². The van der Waals surface area contributed by atoms with Crippen molar-refractivity contribution in [2.45, 2.75) is 6.42 Å². The van der Waals surface area contributed by atoms with Crippen molar-refractivity contribution in [1.82, 2.24) is 0 Å². The Morgan fingerprint density at radius 2 is 2.23 bits per heavy atom. The van der Waals surface area contributed by atoms with Crippen LogP contribution in [0.15, 0.2) is 29.8 Å². The normalized spacial score (nSPS) is 9.62. The van der Waals surface area contributed by atoms with Crippen LogP contribution < -0.4 is 0 Å². The first-order valence-corrected chi connectivity index (χ1v) is 4.14. The second-order valence-corrected chi connectivity index (χ2v) is 2.73. The molecule has 0 aromatic heterocycles. The van der Waals surface area contributed by atoms with Gasteiger partial charge < -0.3 is 5.11 Å². The van der Waals surface area contributed by atoms with E-state index in [-0.39, 0.29) is 6.61 Å². The van der Waals surface area contributed by atoms with Crippen LogP contribution in [-0.2, 0) is 6.42 Å². The molecule has 2 heteroatoms. The summed E-state index contributed by atoms with van der Waals surface area (Å²) < 4.78 is 0. The summed E-state index contributed by atoms with van der Waals surface area (Å²) >= 11 is 0. The van der Waals surface area contributed by atoms with Crippen molar-refractivity contribution in [1.29, 1.82) is 0 Å². The zero-order valence-electron chi connectivity index (χ0n) is 7.53. The highest BCUT2D eigenvalue weighted by molar-refractivity contribution is 5.65. The van der Waals surface area contributed by atoms with Crippen LogP contribution in [0.5, 0.6) is 0 Å². The Kier molecular flexibility index (Phi) is 3.41. The first kappa shape index (κ1) is 9.68. The molecule has 0 saturated heterocycles. The van der Waals surface area contributed by atoms with Gasteiger partial charge >= 0.3 is 0 Å². The van der Waals surface area contributed by atoms with E-state index < -0.39 is 0 Å². The summed E-state index contributed by atoms with van der Waals surface area (Å²) in [5, 5.41) is 8.75. The van der Waals surface area contributed by atoms with Gasteiger partial charge in [0.25, 0.3) is 0 Å². The van der Waals surface area contributed by atoms with E-state index >= 15 is 0 Å². The van der Waals surface area contributed by atoms with Gasteiger partial charge in [0.15, 0.2) is 0 Å². The minimum Gasteiger partial charge on any atom is -0.396 e. The molecule has 0 saturated carbocycles. The molecule has 0 aliphatic rings. The number of aliphatic hydroxyl groups excluding tert-OH is 1. The molecule has 0 amide bonds. The molecule has 0 heterocycles. The monoisotopic (exact) mass is 175 g/mol. The highest BCUT2D eigenvalue weighted by atomic mass is 16.2. The van der Waals surface area contributed by atoms with Crippen molar-refractivity contribution in [2.24, 2.45) is 4.99 Å². The molecule has 0 unspecified atom stereocenters. The molecule has 1 aromatic carbocycles. The molecule has 2 nitrogen and oxygen atoms in total. The van der Waals surface area contributed by atoms with E-state index in [1.165, 1.54) is 0 Å². The maximum Gasteiger partial charge on any atom is 0.0694 e. The summed E-state index contributed by atoms with van der Waals surface area (Å²) in [6, 6.07) is 5.79. The third-order valence-electron chi connectivity index (χ3n) is 1.88. The van der Waals surface area contributed by atoms with Gasteiger partial charge in [-0.1, -0.05) is 18.7 Å². The summed E-state index contributed by atoms with van der Waals surface area (Å²) in [7, 11) is 0. The Balaban J connectivity index is 3.05. The predicted molar refractivity (Wildman–Crippen MR) is 56.5 cm³/mol. The van der Waals surface area contributed by atoms with Crippen LogP contribution >= 0.6 is 0 Å². The van der Waals surface area contributed by atoms with Crippen molar-refractivity contribution in [3.63, 3.8) is 0 Å². The van der Waals surface area contributed by atoms with Gasteiger partial charge in [0.1, 0.15) is 0 Å². The lowest BCUT2D eigenvalue weighted by molar-refractivity contribution is 0.299. The van der Waals surface area contributed by atoms with Gasteiger partial charge in [-0.2, -0.15) is 0 Å². The summed E-state index contributed by atoms with van der Waals surface area (Å²) in [6.45, 7) is 7.32. The summed E-state index contributed by atoms with van der Waals surface area (Å²) in [6.07, 6.45) is 2.41. The number of aliphatic hydroxyl groups is 1. The predicted octanol–water partition coefficient (Wildman–Crippen LogP) is 2.20. The lowest BCUT2D eigenvalue weighted by atomic mass is 10.1. The van der Waals surface area contributed by atoms with E-state index in [4.69, 9.17) is 5.11 Å². The quantitative estimate of drug-likeness (QED) is 0.699. The maximum atomic E-state index is 8.75. The molecular weight excluding hydrogens is 162 g/mol. The molecule has 0 aliphatic carbocycles. The molecule has 68 valence electrons. The van der Waals surface area contributed by atoms with Gasteiger partial charge in [-0.3, -0.25) is 4.99 Å². The first-order valence-electron chi connectivity index (χ1n) is 4.14. The van der Waals surface area contributed by atoms with Gasteiger partial charge in [-0.15, -0.1) is 0 Å². The number of nitrogens with zero attached hydrogens (tertiary/aromatic N) is 1. The Bertz CT molecular complexity index is 318. The molecule has 0 bridgehead atoms. The second-order valence-electron chi connectivity index (χ2n) is 2.73. The van der Waals surface area contributed by atoms with Crippen LogP contribution in [0.2, 0.25) is 0 Å². The standard InChI is InChI=1S/C11H13NO/c1-3-10-8-9(6-7-13)4-5-11(10)12-2/h3-5,8,13H,1-2,6-7H2. The number of hydrogen-bond donors (Lipinski definition) is 1. The molecule has 1 aromatic rings. The zero-order valence-corrected chi connectivity index (χ0v) is 7.53. The summed E-state index contributed by atoms with van der Waals surface area (Å²) in [5.74, 6) is 0. The fraction of sp³-hybridized carbons (Fsp3) is 0.182. The molecule has 0 fully saturated rings. The van der Waals surface area contributed by atoms with Crippen molar-refractivity contribution in [3.05, 3.63) is 35.9 Å². The van der Waals surface area contributed by atoms with Gasteiger partial charge in [-0.05, 0) is 36.4 Å². The topological polar surface area (TPSA) is 32.6 Å². The van der Waals surface area contributed by atoms with Crippen LogP contribution in [-0.4, -0.2) is 18.4 Å². The molecule has 13 heavy (non-hydrogen) atoms. The van der Waals surface area contributed by atoms with E-state index in [2.05, 4.69) is 18.3 Å². The fourth-order valence-corrected chi connectivity index (χ4v) is 1.20. The number of benzene rings is 1. The molecule has 0 spiro atoms.